The summed E-state index contributed by atoms with van der Waals surface area (Å²) in [6, 6.07) is 0. The van der Waals surface area contributed by atoms with Crippen LogP contribution in [0.15, 0.2) is 11.3 Å². The Morgan fingerprint density at radius 3 is 3.00 bits per heavy atom. The zero-order chi connectivity index (χ0) is 9.68. The third kappa shape index (κ3) is 2.54. The van der Waals surface area contributed by atoms with E-state index in [9.17, 15) is 0 Å². The first-order chi connectivity index (χ1) is 6.27. The first kappa shape index (κ1) is 9.70. The molecule has 1 heterocycles. The van der Waals surface area contributed by atoms with E-state index in [2.05, 4.69) is 15.2 Å². The van der Waals surface area contributed by atoms with Crippen LogP contribution < -0.4 is 5.73 Å². The van der Waals surface area contributed by atoms with Crippen molar-refractivity contribution in [2.75, 3.05) is 0 Å². The Balaban J connectivity index is 2.63. The Morgan fingerprint density at radius 1 is 1.62 bits per heavy atom. The first-order valence-electron chi connectivity index (χ1n) is 4.43. The summed E-state index contributed by atoms with van der Waals surface area (Å²) in [6.45, 7) is 5.40. The van der Waals surface area contributed by atoms with Gasteiger partial charge in [0, 0.05) is 13.0 Å². The molecular formula is C8H15N5. The fourth-order valence-corrected chi connectivity index (χ4v) is 0.950. The summed E-state index contributed by atoms with van der Waals surface area (Å²) in [6.07, 6.45) is 2.48. The molecule has 5 nitrogen and oxygen atoms in total. The monoisotopic (exact) mass is 181 g/mol. The highest BCUT2D eigenvalue weighted by atomic mass is 15.3. The Bertz CT molecular complexity index is 288. The summed E-state index contributed by atoms with van der Waals surface area (Å²) < 4.78 is 1.95. The molecule has 0 aromatic carbocycles. The molecule has 0 spiro atoms. The van der Waals surface area contributed by atoms with Gasteiger partial charge in [0.25, 0.3) is 0 Å². The lowest BCUT2D eigenvalue weighted by Gasteiger charge is -2.00. The molecule has 0 atom stereocenters. The molecule has 0 bridgehead atoms. The predicted octanol–water partition coefficient (Wildman–Crippen LogP) is 0.565. The number of aromatic nitrogens is 3. The van der Waals surface area contributed by atoms with Gasteiger partial charge in [0.1, 0.15) is 12.9 Å². The number of aryl methyl sites for hydroxylation is 1. The highest BCUT2D eigenvalue weighted by Gasteiger charge is 2.00. The molecule has 1 rings (SSSR count). The highest BCUT2D eigenvalue weighted by molar-refractivity contribution is 5.79. The molecule has 0 amide bonds. The van der Waals surface area contributed by atoms with Crippen molar-refractivity contribution in [1.29, 1.82) is 0 Å². The molecule has 2 N–H and O–H groups in total. The zero-order valence-electron chi connectivity index (χ0n) is 8.06. The van der Waals surface area contributed by atoms with E-state index in [0.717, 1.165) is 18.8 Å². The molecule has 0 radical (unpaired) electrons. The standard InChI is InChI=1S/C8H15N5/c1-3-7(9)10-5-8-12-11-6-13(8)4-2/h6H,3-5H2,1-2H3,(H2,9,10). The summed E-state index contributed by atoms with van der Waals surface area (Å²) in [7, 11) is 0. The van der Waals surface area contributed by atoms with Gasteiger partial charge in [-0.25, -0.2) is 0 Å². The summed E-state index contributed by atoms with van der Waals surface area (Å²) in [5.74, 6) is 1.52. The molecule has 0 unspecified atom stereocenters. The zero-order valence-corrected chi connectivity index (χ0v) is 8.06. The topological polar surface area (TPSA) is 69.1 Å². The van der Waals surface area contributed by atoms with Gasteiger partial charge < -0.3 is 10.3 Å². The minimum Gasteiger partial charge on any atom is -0.387 e. The van der Waals surface area contributed by atoms with Crippen molar-refractivity contribution in [3.63, 3.8) is 0 Å². The van der Waals surface area contributed by atoms with Crippen molar-refractivity contribution in [1.82, 2.24) is 14.8 Å². The van der Waals surface area contributed by atoms with Gasteiger partial charge in [0.15, 0.2) is 5.82 Å². The van der Waals surface area contributed by atoms with E-state index in [1.54, 1.807) is 6.33 Å². The van der Waals surface area contributed by atoms with E-state index in [-0.39, 0.29) is 0 Å². The van der Waals surface area contributed by atoms with Gasteiger partial charge in [-0.3, -0.25) is 4.99 Å². The van der Waals surface area contributed by atoms with E-state index in [4.69, 9.17) is 5.73 Å². The van der Waals surface area contributed by atoms with Crippen LogP contribution in [0.5, 0.6) is 0 Å². The molecule has 0 aliphatic carbocycles. The summed E-state index contributed by atoms with van der Waals surface area (Å²) in [5, 5.41) is 7.74. The van der Waals surface area contributed by atoms with Gasteiger partial charge in [0.05, 0.1) is 5.84 Å². The van der Waals surface area contributed by atoms with Gasteiger partial charge in [0.2, 0.25) is 0 Å². The van der Waals surface area contributed by atoms with Crippen molar-refractivity contribution in [3.8, 4) is 0 Å². The molecule has 13 heavy (non-hydrogen) atoms. The number of amidine groups is 1. The SMILES string of the molecule is CCC(N)=NCc1nncn1CC. The number of rotatable bonds is 4. The molecule has 0 saturated heterocycles. The van der Waals surface area contributed by atoms with Crippen molar-refractivity contribution < 1.29 is 0 Å². The Hall–Kier alpha value is -1.39. The Kier molecular flexibility index (Phi) is 3.42. The molecule has 5 heteroatoms. The largest absolute Gasteiger partial charge is 0.387 e. The van der Waals surface area contributed by atoms with Crippen molar-refractivity contribution in [2.24, 2.45) is 10.7 Å². The van der Waals surface area contributed by atoms with Crippen molar-refractivity contribution in [3.05, 3.63) is 12.2 Å². The summed E-state index contributed by atoms with van der Waals surface area (Å²) in [4.78, 5) is 4.16. The van der Waals surface area contributed by atoms with E-state index in [1.807, 2.05) is 18.4 Å². The van der Waals surface area contributed by atoms with Crippen LogP contribution in [0.1, 0.15) is 26.1 Å². The fraction of sp³-hybridized carbons (Fsp3) is 0.625. The average molecular weight is 181 g/mol. The number of aliphatic imine (C=N–C) groups is 1. The summed E-state index contributed by atoms with van der Waals surface area (Å²) >= 11 is 0. The number of nitrogens with zero attached hydrogens (tertiary/aromatic N) is 4. The smallest absolute Gasteiger partial charge is 0.154 e. The van der Waals surface area contributed by atoms with Gasteiger partial charge in [-0.05, 0) is 6.92 Å². The maximum atomic E-state index is 5.57. The normalized spacial score (nSPS) is 12.0. The molecule has 0 aliphatic rings. The average Bonchev–Trinajstić information content (AvgIpc) is 2.61. The minimum atomic E-state index is 0.521. The lowest BCUT2D eigenvalue weighted by atomic mass is 10.4. The second-order valence-corrected chi connectivity index (χ2v) is 2.69. The van der Waals surface area contributed by atoms with Crippen LogP contribution in [0.25, 0.3) is 0 Å². The van der Waals surface area contributed by atoms with E-state index in [0.29, 0.717) is 12.4 Å². The third-order valence-corrected chi connectivity index (χ3v) is 1.82. The fourth-order valence-electron chi connectivity index (χ4n) is 0.950. The van der Waals surface area contributed by atoms with Crippen LogP contribution in [-0.4, -0.2) is 20.6 Å². The molecule has 0 saturated carbocycles. The van der Waals surface area contributed by atoms with Crippen LogP contribution in [-0.2, 0) is 13.1 Å². The van der Waals surface area contributed by atoms with Crippen LogP contribution in [0.4, 0.5) is 0 Å². The lowest BCUT2D eigenvalue weighted by molar-refractivity contribution is 0.698. The maximum Gasteiger partial charge on any atom is 0.154 e. The molecule has 0 aliphatic heterocycles. The highest BCUT2D eigenvalue weighted by Crippen LogP contribution is 1.97. The first-order valence-corrected chi connectivity index (χ1v) is 4.43. The number of hydrogen-bond donors (Lipinski definition) is 1. The van der Waals surface area contributed by atoms with Crippen LogP contribution in [0, 0.1) is 0 Å². The predicted molar refractivity (Wildman–Crippen MR) is 51.3 cm³/mol. The van der Waals surface area contributed by atoms with E-state index < -0.39 is 0 Å². The molecule has 0 fully saturated rings. The van der Waals surface area contributed by atoms with Crippen LogP contribution in [0.3, 0.4) is 0 Å². The second-order valence-electron chi connectivity index (χ2n) is 2.69. The van der Waals surface area contributed by atoms with Gasteiger partial charge in [-0.15, -0.1) is 10.2 Å². The van der Waals surface area contributed by atoms with Crippen LogP contribution in [0.2, 0.25) is 0 Å². The Labute approximate surface area is 77.7 Å². The summed E-state index contributed by atoms with van der Waals surface area (Å²) in [5.41, 5.74) is 5.57. The molecule has 72 valence electrons. The quantitative estimate of drug-likeness (QED) is 0.545. The van der Waals surface area contributed by atoms with Crippen molar-refractivity contribution >= 4 is 5.84 Å². The van der Waals surface area contributed by atoms with Gasteiger partial charge in [-0.1, -0.05) is 6.92 Å². The van der Waals surface area contributed by atoms with Crippen LogP contribution >= 0.6 is 0 Å². The van der Waals surface area contributed by atoms with Gasteiger partial charge in [-0.2, -0.15) is 0 Å². The van der Waals surface area contributed by atoms with E-state index >= 15 is 0 Å². The molecule has 1 aromatic heterocycles. The van der Waals surface area contributed by atoms with Crippen molar-refractivity contribution in [2.45, 2.75) is 33.4 Å². The minimum absolute atomic E-state index is 0.521. The second kappa shape index (κ2) is 4.59. The number of hydrogen-bond acceptors (Lipinski definition) is 3. The lowest BCUT2D eigenvalue weighted by Crippen LogP contribution is -2.11. The molecular weight excluding hydrogens is 166 g/mol. The molecule has 1 aromatic rings. The maximum absolute atomic E-state index is 5.57. The van der Waals surface area contributed by atoms with Gasteiger partial charge >= 0.3 is 0 Å². The third-order valence-electron chi connectivity index (χ3n) is 1.82. The number of nitrogens with two attached hydrogens (primary N) is 1. The van der Waals surface area contributed by atoms with E-state index in [1.165, 1.54) is 0 Å². The Morgan fingerprint density at radius 2 is 2.38 bits per heavy atom.